The monoisotopic (exact) mass is 808 g/mol. The molecule has 0 saturated carbocycles. The van der Waals surface area contributed by atoms with E-state index < -0.39 is 21.2 Å². The Morgan fingerprint density at radius 2 is 1.53 bits per heavy atom. The fourth-order valence-corrected chi connectivity index (χ4v) is 8.98. The molecule has 1 aliphatic rings. The van der Waals surface area contributed by atoms with Crippen LogP contribution >= 0.6 is 23.4 Å². The number of rotatable bonds is 22. The number of nitrogens with one attached hydrogen (secondary N) is 2. The van der Waals surface area contributed by atoms with Gasteiger partial charge in [0, 0.05) is 32.4 Å². The number of aromatic nitrogens is 4. The summed E-state index contributed by atoms with van der Waals surface area (Å²) in [6.07, 6.45) is 12.6. The first kappa shape index (κ1) is 41.8. The molecule has 1 unspecified atom stereocenters. The Kier molecular flexibility index (Phi) is 16.1. The number of carbonyl (C=O) groups excluding carboxylic acids is 2. The summed E-state index contributed by atoms with van der Waals surface area (Å²) in [7, 11) is -4.15. The highest BCUT2D eigenvalue weighted by Crippen LogP contribution is 2.37. The standard InChI is InChI=1S/C39H49ClN8O5S2/c1-3-4-5-6-7-8-9-10-11-17-26-53-27-18-25-47-37(42-33-21-15-16-22-35(33)55(47,51)52)36(54-39-44-45-46-48(39)31-19-13-12-14-20-31)38(50)43-34-28-30(41-29(2)49)23-24-32(34)40/h12-16,19-24,28,36H,3-11,17-18,25-27H2,1-2H3,(H,41,49)(H,43,50). The number of amides is 2. The molecule has 0 fully saturated rings. The lowest BCUT2D eigenvalue weighted by atomic mass is 10.1. The Balaban J connectivity index is 1.35. The SMILES string of the molecule is CCCCCCCCCCCCOCCCN1C(C(Sc2nnnn2-c2ccccc2)C(=O)Nc2cc(NC(C)=O)ccc2Cl)=Nc2ccccc2S1(=O)=O. The molecule has 0 aliphatic carbocycles. The number of sulfonamides is 1. The topological polar surface area (TPSA) is 161 Å². The summed E-state index contributed by atoms with van der Waals surface area (Å²) in [5.74, 6) is -0.956. The zero-order valence-corrected chi connectivity index (χ0v) is 33.7. The van der Waals surface area contributed by atoms with Gasteiger partial charge in [-0.2, -0.15) is 4.68 Å². The number of amidine groups is 1. The summed E-state index contributed by atoms with van der Waals surface area (Å²) in [6, 6.07) is 20.2. The summed E-state index contributed by atoms with van der Waals surface area (Å²) in [5, 5.41) is 16.9. The fourth-order valence-electron chi connectivity index (χ4n) is 6.13. The largest absolute Gasteiger partial charge is 0.381 e. The zero-order valence-electron chi connectivity index (χ0n) is 31.3. The molecule has 0 saturated heterocycles. The van der Waals surface area contributed by atoms with Gasteiger partial charge in [0.05, 0.1) is 22.1 Å². The molecule has 55 heavy (non-hydrogen) atoms. The number of thioether (sulfide) groups is 1. The Morgan fingerprint density at radius 3 is 2.25 bits per heavy atom. The number of halogens is 1. The van der Waals surface area contributed by atoms with Crippen LogP contribution in [0, 0.1) is 0 Å². The average molecular weight is 809 g/mol. The predicted octanol–water partition coefficient (Wildman–Crippen LogP) is 8.44. The van der Waals surface area contributed by atoms with Gasteiger partial charge >= 0.3 is 0 Å². The maximum Gasteiger partial charge on any atom is 0.267 e. The lowest BCUT2D eigenvalue weighted by Gasteiger charge is -2.33. The van der Waals surface area contributed by atoms with Crippen molar-refractivity contribution >= 4 is 68.1 Å². The predicted molar refractivity (Wildman–Crippen MR) is 218 cm³/mol. The van der Waals surface area contributed by atoms with Crippen molar-refractivity contribution in [2.24, 2.45) is 4.99 Å². The van der Waals surface area contributed by atoms with E-state index in [0.29, 0.717) is 31.0 Å². The van der Waals surface area contributed by atoms with E-state index in [2.05, 4.69) is 33.1 Å². The van der Waals surface area contributed by atoms with Gasteiger partial charge in [0.15, 0.2) is 5.25 Å². The number of tetrazole rings is 1. The van der Waals surface area contributed by atoms with Gasteiger partial charge in [-0.25, -0.2) is 13.4 Å². The quantitative estimate of drug-likeness (QED) is 0.0587. The van der Waals surface area contributed by atoms with E-state index in [1.165, 1.54) is 79.4 Å². The number of aliphatic imine (C=N–C) groups is 1. The van der Waals surface area contributed by atoms with Crippen LogP contribution in [0.5, 0.6) is 0 Å². The van der Waals surface area contributed by atoms with Crippen LogP contribution in [0.4, 0.5) is 17.1 Å². The molecule has 0 bridgehead atoms. The van der Waals surface area contributed by atoms with E-state index in [1.807, 2.05) is 30.3 Å². The second kappa shape index (κ2) is 21.1. The third-order valence-corrected chi connectivity index (χ3v) is 12.2. The second-order valence-corrected chi connectivity index (χ2v) is 16.5. The van der Waals surface area contributed by atoms with Crippen LogP contribution in [0.15, 0.2) is 87.8 Å². The number of para-hydroxylation sites is 2. The van der Waals surface area contributed by atoms with Crippen molar-refractivity contribution in [2.75, 3.05) is 30.4 Å². The molecule has 4 aromatic rings. The van der Waals surface area contributed by atoms with Gasteiger partial charge in [-0.1, -0.05) is 118 Å². The maximum atomic E-state index is 14.5. The lowest BCUT2D eigenvalue weighted by molar-refractivity contribution is -0.115. The van der Waals surface area contributed by atoms with Gasteiger partial charge in [-0.3, -0.25) is 13.9 Å². The number of nitrogens with zero attached hydrogens (tertiary/aromatic N) is 6. The van der Waals surface area contributed by atoms with Crippen LogP contribution in [0.1, 0.15) is 84.5 Å². The highest BCUT2D eigenvalue weighted by atomic mass is 35.5. The Morgan fingerprint density at radius 1 is 0.855 bits per heavy atom. The fraction of sp³-hybridized carbons (Fsp3) is 0.436. The molecule has 5 rings (SSSR count). The Labute approximate surface area is 332 Å². The Hall–Kier alpha value is -4.31. The summed E-state index contributed by atoms with van der Waals surface area (Å²) in [5.41, 5.74) is 1.46. The van der Waals surface area contributed by atoms with Crippen molar-refractivity contribution in [1.29, 1.82) is 0 Å². The van der Waals surface area contributed by atoms with Crippen molar-refractivity contribution in [2.45, 2.75) is 99.8 Å². The molecule has 1 aliphatic heterocycles. The number of unbranched alkanes of at least 4 members (excludes halogenated alkanes) is 9. The number of fused-ring (bicyclic) bond motifs is 1. The van der Waals surface area contributed by atoms with Crippen LogP contribution in [0.2, 0.25) is 5.02 Å². The minimum Gasteiger partial charge on any atom is -0.381 e. The Bertz CT molecular complexity index is 2010. The van der Waals surface area contributed by atoms with Crippen molar-refractivity contribution in [1.82, 2.24) is 24.5 Å². The molecule has 1 atom stereocenters. The maximum absolute atomic E-state index is 14.5. The highest BCUT2D eigenvalue weighted by molar-refractivity contribution is 8.01. The van der Waals surface area contributed by atoms with Crippen molar-refractivity contribution < 1.29 is 22.7 Å². The summed E-state index contributed by atoms with van der Waals surface area (Å²) < 4.78 is 37.2. The molecule has 3 aromatic carbocycles. The molecule has 1 aromatic heterocycles. The molecule has 0 radical (unpaired) electrons. The van der Waals surface area contributed by atoms with E-state index in [4.69, 9.17) is 21.3 Å². The first-order valence-electron chi connectivity index (χ1n) is 18.9. The van der Waals surface area contributed by atoms with Crippen LogP contribution in [0.25, 0.3) is 5.69 Å². The average Bonchev–Trinajstić information content (AvgIpc) is 3.64. The molecule has 294 valence electrons. The van der Waals surface area contributed by atoms with Crippen molar-refractivity contribution in [3.05, 3.63) is 77.8 Å². The number of hydrogen-bond donors (Lipinski definition) is 2. The first-order chi connectivity index (χ1) is 26.7. The summed E-state index contributed by atoms with van der Waals surface area (Å²) in [6.45, 7) is 4.54. The number of hydrogen-bond acceptors (Lipinski definition) is 10. The van der Waals surface area contributed by atoms with Gasteiger partial charge in [0.25, 0.3) is 10.0 Å². The molecule has 0 spiro atoms. The van der Waals surface area contributed by atoms with Crippen LogP contribution in [-0.4, -0.2) is 75.6 Å². The van der Waals surface area contributed by atoms with Crippen LogP contribution in [-0.2, 0) is 24.3 Å². The number of anilines is 2. The van der Waals surface area contributed by atoms with Gasteiger partial charge in [0.1, 0.15) is 10.7 Å². The van der Waals surface area contributed by atoms with Crippen LogP contribution < -0.4 is 10.6 Å². The molecule has 2 heterocycles. The normalized spacial score (nSPS) is 13.9. The van der Waals surface area contributed by atoms with Crippen molar-refractivity contribution in [3.63, 3.8) is 0 Å². The molecule has 13 nitrogen and oxygen atoms in total. The molecular formula is C39H49ClN8O5S2. The zero-order chi connectivity index (χ0) is 39.0. The first-order valence-corrected chi connectivity index (χ1v) is 21.6. The summed E-state index contributed by atoms with van der Waals surface area (Å²) in [4.78, 5) is 31.1. The number of ether oxygens (including phenoxy) is 1. The molecular weight excluding hydrogens is 760 g/mol. The van der Waals surface area contributed by atoms with E-state index in [0.717, 1.165) is 24.6 Å². The van der Waals surface area contributed by atoms with E-state index >= 15 is 0 Å². The van der Waals surface area contributed by atoms with Gasteiger partial charge in [0.2, 0.25) is 17.0 Å². The smallest absolute Gasteiger partial charge is 0.267 e. The van der Waals surface area contributed by atoms with E-state index in [1.54, 1.807) is 30.3 Å². The third-order valence-electron chi connectivity index (χ3n) is 8.90. The van der Waals surface area contributed by atoms with Crippen molar-refractivity contribution in [3.8, 4) is 5.69 Å². The van der Waals surface area contributed by atoms with E-state index in [-0.39, 0.29) is 44.7 Å². The number of carbonyl (C=O) groups is 2. The minimum absolute atomic E-state index is 0.0142. The van der Waals surface area contributed by atoms with Gasteiger partial charge in [-0.15, -0.1) is 5.10 Å². The van der Waals surface area contributed by atoms with Crippen LogP contribution in [0.3, 0.4) is 0 Å². The lowest BCUT2D eigenvalue weighted by Crippen LogP contribution is -2.48. The van der Waals surface area contributed by atoms with Gasteiger partial charge < -0.3 is 15.4 Å². The molecule has 16 heteroatoms. The second-order valence-electron chi connectivity index (χ2n) is 13.2. The minimum atomic E-state index is -4.15. The van der Waals surface area contributed by atoms with Gasteiger partial charge in [-0.05, 0) is 65.7 Å². The highest BCUT2D eigenvalue weighted by Gasteiger charge is 2.41. The van der Waals surface area contributed by atoms with E-state index in [9.17, 15) is 18.0 Å². The summed E-state index contributed by atoms with van der Waals surface area (Å²) >= 11 is 7.46. The molecule has 2 N–H and O–H groups in total. The number of benzene rings is 3. The molecule has 2 amide bonds. The third kappa shape index (κ3) is 11.8.